The number of para-hydroxylation sites is 1. The highest BCUT2D eigenvalue weighted by Crippen LogP contribution is 2.21. The van der Waals surface area contributed by atoms with Crippen molar-refractivity contribution in [3.05, 3.63) is 83.4 Å². The lowest BCUT2D eigenvalue weighted by molar-refractivity contribution is 0.601. The van der Waals surface area contributed by atoms with Gasteiger partial charge in [-0.25, -0.2) is 8.42 Å². The van der Waals surface area contributed by atoms with Crippen molar-refractivity contribution in [2.75, 3.05) is 15.4 Å². The molecule has 0 heterocycles. The minimum absolute atomic E-state index is 0.127. The van der Waals surface area contributed by atoms with E-state index in [2.05, 4.69) is 15.4 Å². The number of hydrogen-bond donors (Lipinski definition) is 3. The van der Waals surface area contributed by atoms with Gasteiger partial charge in [-0.05, 0) is 67.2 Å². The van der Waals surface area contributed by atoms with E-state index >= 15 is 0 Å². The van der Waals surface area contributed by atoms with E-state index < -0.39 is 10.0 Å². The summed E-state index contributed by atoms with van der Waals surface area (Å²) in [5.41, 5.74) is 2.75. The third-order valence-electron chi connectivity index (χ3n) is 3.86. The number of aryl methyl sites for hydroxylation is 1. The molecule has 0 radical (unpaired) electrons. The molecule has 28 heavy (non-hydrogen) atoms. The first kappa shape index (κ1) is 20.1. The van der Waals surface area contributed by atoms with Crippen LogP contribution in [0.5, 0.6) is 0 Å². The van der Waals surface area contributed by atoms with Crippen molar-refractivity contribution in [2.45, 2.75) is 11.8 Å². The van der Waals surface area contributed by atoms with Gasteiger partial charge in [0.1, 0.15) is 0 Å². The molecule has 0 bridgehead atoms. The minimum atomic E-state index is -3.71. The predicted molar refractivity (Wildman–Crippen MR) is 120 cm³/mol. The summed E-state index contributed by atoms with van der Waals surface area (Å²) in [5.74, 6) is 0. The number of nitrogens with one attached hydrogen (secondary N) is 3. The van der Waals surface area contributed by atoms with Crippen LogP contribution in [0.3, 0.4) is 0 Å². The van der Waals surface area contributed by atoms with Crippen LogP contribution in [-0.2, 0) is 10.0 Å². The van der Waals surface area contributed by atoms with Crippen LogP contribution in [0, 0.1) is 6.92 Å². The predicted octanol–water partition coefficient (Wildman–Crippen LogP) is 5.26. The number of benzene rings is 3. The summed E-state index contributed by atoms with van der Waals surface area (Å²) in [7, 11) is -3.71. The average Bonchev–Trinajstić information content (AvgIpc) is 2.65. The molecule has 0 atom stereocenters. The fourth-order valence-corrected chi connectivity index (χ4v) is 3.95. The summed E-state index contributed by atoms with van der Waals surface area (Å²) >= 11 is 11.4. The molecular weight excluding hydrogens is 414 g/mol. The van der Waals surface area contributed by atoms with E-state index in [4.69, 9.17) is 23.8 Å². The molecule has 0 aromatic heterocycles. The Hall–Kier alpha value is -2.61. The lowest BCUT2D eigenvalue weighted by atomic mass is 10.2. The van der Waals surface area contributed by atoms with Gasteiger partial charge < -0.3 is 10.6 Å². The Bertz CT molecular complexity index is 1100. The molecule has 0 unspecified atom stereocenters. The van der Waals surface area contributed by atoms with Gasteiger partial charge in [0, 0.05) is 22.1 Å². The maximum Gasteiger partial charge on any atom is 0.261 e. The molecule has 3 N–H and O–H groups in total. The summed E-state index contributed by atoms with van der Waals surface area (Å²) < 4.78 is 27.7. The van der Waals surface area contributed by atoms with Crippen LogP contribution in [0.15, 0.2) is 77.7 Å². The molecule has 0 aliphatic heterocycles. The van der Waals surface area contributed by atoms with Gasteiger partial charge in [-0.2, -0.15) is 0 Å². The zero-order valence-corrected chi connectivity index (χ0v) is 17.3. The van der Waals surface area contributed by atoms with Crippen LogP contribution >= 0.6 is 23.8 Å². The van der Waals surface area contributed by atoms with E-state index in [1.54, 1.807) is 42.5 Å². The Balaban J connectivity index is 1.72. The van der Waals surface area contributed by atoms with Gasteiger partial charge in [-0.15, -0.1) is 0 Å². The van der Waals surface area contributed by atoms with Crippen LogP contribution in [0.4, 0.5) is 17.1 Å². The molecule has 3 aromatic carbocycles. The van der Waals surface area contributed by atoms with E-state index in [9.17, 15) is 8.42 Å². The maximum absolute atomic E-state index is 12.6. The zero-order chi connectivity index (χ0) is 20.1. The van der Waals surface area contributed by atoms with Crippen LogP contribution in [0.2, 0.25) is 5.02 Å². The third kappa shape index (κ3) is 5.22. The van der Waals surface area contributed by atoms with Gasteiger partial charge in [0.15, 0.2) is 5.11 Å². The van der Waals surface area contributed by atoms with E-state index in [1.165, 1.54) is 12.1 Å². The smallest absolute Gasteiger partial charge is 0.261 e. The minimum Gasteiger partial charge on any atom is -0.332 e. The highest BCUT2D eigenvalue weighted by Gasteiger charge is 2.14. The molecule has 0 aliphatic rings. The molecule has 0 aliphatic carbocycles. The normalized spacial score (nSPS) is 10.9. The van der Waals surface area contributed by atoms with Gasteiger partial charge in [0.05, 0.1) is 4.90 Å². The largest absolute Gasteiger partial charge is 0.332 e. The van der Waals surface area contributed by atoms with Crippen molar-refractivity contribution in [3.8, 4) is 0 Å². The Labute approximate surface area is 174 Å². The Morgan fingerprint density at radius 1 is 0.857 bits per heavy atom. The highest BCUT2D eigenvalue weighted by molar-refractivity contribution is 7.92. The fraction of sp³-hybridized carbons (Fsp3) is 0.0500. The van der Waals surface area contributed by atoms with Gasteiger partial charge in [0.25, 0.3) is 10.0 Å². The van der Waals surface area contributed by atoms with Crippen molar-refractivity contribution in [2.24, 2.45) is 0 Å². The second-order valence-electron chi connectivity index (χ2n) is 6.04. The van der Waals surface area contributed by atoms with Crippen LogP contribution in [0.1, 0.15) is 5.56 Å². The summed E-state index contributed by atoms with van der Waals surface area (Å²) in [6.07, 6.45) is 0. The number of hydrogen-bond acceptors (Lipinski definition) is 3. The molecule has 0 saturated heterocycles. The number of thiocarbonyl (C=S) groups is 1. The summed E-state index contributed by atoms with van der Waals surface area (Å²) in [6.45, 7) is 1.91. The van der Waals surface area contributed by atoms with Crippen molar-refractivity contribution >= 4 is 56.0 Å². The quantitative estimate of drug-likeness (QED) is 0.481. The van der Waals surface area contributed by atoms with Gasteiger partial charge in [-0.3, -0.25) is 4.72 Å². The zero-order valence-electron chi connectivity index (χ0n) is 14.9. The number of anilines is 3. The van der Waals surface area contributed by atoms with Crippen molar-refractivity contribution < 1.29 is 8.42 Å². The standard InChI is InChI=1S/C20H18ClN3O2S2/c1-14-10-11-17(13-19(14)21)23-20(27)22-16-8-5-9-18(12-16)28(25,26)24-15-6-3-2-4-7-15/h2-13,24H,1H3,(H2,22,23,27). The number of sulfonamides is 1. The molecule has 3 rings (SSSR count). The van der Waals surface area contributed by atoms with Crippen LogP contribution in [0.25, 0.3) is 0 Å². The molecule has 0 saturated carbocycles. The molecule has 0 spiro atoms. The molecule has 0 fully saturated rings. The van der Waals surface area contributed by atoms with E-state index in [0.717, 1.165) is 11.3 Å². The van der Waals surface area contributed by atoms with E-state index in [0.29, 0.717) is 21.5 Å². The average molecular weight is 432 g/mol. The lowest BCUT2D eigenvalue weighted by Gasteiger charge is -2.13. The van der Waals surface area contributed by atoms with E-state index in [1.807, 2.05) is 25.1 Å². The number of halogens is 1. The Morgan fingerprint density at radius 2 is 1.50 bits per heavy atom. The highest BCUT2D eigenvalue weighted by atomic mass is 35.5. The first-order valence-electron chi connectivity index (χ1n) is 8.35. The van der Waals surface area contributed by atoms with Crippen molar-refractivity contribution in [1.82, 2.24) is 0 Å². The molecule has 8 heteroatoms. The first-order valence-corrected chi connectivity index (χ1v) is 10.6. The lowest BCUT2D eigenvalue weighted by Crippen LogP contribution is -2.19. The number of rotatable bonds is 5. The monoisotopic (exact) mass is 431 g/mol. The van der Waals surface area contributed by atoms with Gasteiger partial charge >= 0.3 is 0 Å². The molecule has 5 nitrogen and oxygen atoms in total. The van der Waals surface area contributed by atoms with Gasteiger partial charge in [0.2, 0.25) is 0 Å². The molecule has 0 amide bonds. The fourth-order valence-electron chi connectivity index (χ4n) is 2.43. The SMILES string of the molecule is Cc1ccc(NC(=S)Nc2cccc(S(=O)(=O)Nc3ccccc3)c2)cc1Cl. The molecular formula is C20H18ClN3O2S2. The van der Waals surface area contributed by atoms with E-state index in [-0.39, 0.29) is 4.90 Å². The first-order chi connectivity index (χ1) is 13.3. The summed E-state index contributed by atoms with van der Waals surface area (Å²) in [5, 5.41) is 6.97. The maximum atomic E-state index is 12.6. The third-order valence-corrected chi connectivity index (χ3v) is 5.85. The van der Waals surface area contributed by atoms with Crippen molar-refractivity contribution in [1.29, 1.82) is 0 Å². The summed E-state index contributed by atoms with van der Waals surface area (Å²) in [4.78, 5) is 0.127. The Morgan fingerprint density at radius 3 is 2.18 bits per heavy atom. The molecule has 3 aromatic rings. The van der Waals surface area contributed by atoms with Crippen LogP contribution in [-0.4, -0.2) is 13.5 Å². The summed E-state index contributed by atoms with van der Waals surface area (Å²) in [6, 6.07) is 20.6. The topological polar surface area (TPSA) is 70.2 Å². The van der Waals surface area contributed by atoms with Crippen LogP contribution < -0.4 is 15.4 Å². The Kier molecular flexibility index (Phi) is 6.18. The molecule has 144 valence electrons. The second-order valence-corrected chi connectivity index (χ2v) is 8.54. The second kappa shape index (κ2) is 8.60. The van der Waals surface area contributed by atoms with Gasteiger partial charge in [-0.1, -0.05) is 41.9 Å². The van der Waals surface area contributed by atoms with Crippen molar-refractivity contribution in [3.63, 3.8) is 0 Å².